The van der Waals surface area contributed by atoms with Crippen molar-refractivity contribution in [3.05, 3.63) is 35.9 Å². The van der Waals surface area contributed by atoms with E-state index in [0.29, 0.717) is 12.6 Å². The summed E-state index contributed by atoms with van der Waals surface area (Å²) in [7, 11) is 0. The lowest BCUT2D eigenvalue weighted by atomic mass is 9.92. The average Bonchev–Trinajstić information content (AvgIpc) is 3.09. The fourth-order valence-corrected chi connectivity index (χ4v) is 4.29. The first-order valence-electron chi connectivity index (χ1n) is 11.0. The van der Waals surface area contributed by atoms with Gasteiger partial charge in [-0.25, -0.2) is 9.80 Å². The Morgan fingerprint density at radius 1 is 1.07 bits per heavy atom. The number of amides is 2. The number of nitrogens with one attached hydrogen (secondary N) is 1. The van der Waals surface area contributed by atoms with Crippen LogP contribution < -0.4 is 5.32 Å². The van der Waals surface area contributed by atoms with E-state index < -0.39 is 0 Å². The maximum atomic E-state index is 12.9. The lowest BCUT2D eigenvalue weighted by molar-refractivity contribution is 0.197. The molecule has 1 heterocycles. The SMILES string of the molecule is CCCCCC1=NN(C(=O)NC2CCCCCCC2)CC1c1ccccc1. The highest BCUT2D eigenvalue weighted by molar-refractivity contribution is 5.94. The number of carbonyl (C=O) groups is 1. The van der Waals surface area contributed by atoms with Crippen molar-refractivity contribution in [2.75, 3.05) is 6.54 Å². The molecule has 1 unspecified atom stereocenters. The largest absolute Gasteiger partial charge is 0.338 e. The van der Waals surface area contributed by atoms with Gasteiger partial charge >= 0.3 is 6.03 Å². The predicted molar refractivity (Wildman–Crippen MR) is 112 cm³/mol. The summed E-state index contributed by atoms with van der Waals surface area (Å²) in [4.78, 5) is 12.9. The van der Waals surface area contributed by atoms with Crippen LogP contribution in [0.1, 0.15) is 89.0 Å². The van der Waals surface area contributed by atoms with E-state index in [9.17, 15) is 4.79 Å². The molecule has 1 aromatic rings. The topological polar surface area (TPSA) is 44.7 Å². The summed E-state index contributed by atoms with van der Waals surface area (Å²) >= 11 is 0. The van der Waals surface area contributed by atoms with Gasteiger partial charge in [-0.05, 0) is 31.2 Å². The number of hydrogen-bond acceptors (Lipinski definition) is 2. The molecule has 148 valence electrons. The van der Waals surface area contributed by atoms with E-state index in [4.69, 9.17) is 5.10 Å². The Labute approximate surface area is 164 Å². The summed E-state index contributed by atoms with van der Waals surface area (Å²) in [5.74, 6) is 0.242. The minimum absolute atomic E-state index is 0.00741. The van der Waals surface area contributed by atoms with Crippen molar-refractivity contribution in [2.24, 2.45) is 5.10 Å². The predicted octanol–water partition coefficient (Wildman–Crippen LogP) is 5.84. The first-order chi connectivity index (χ1) is 13.3. The number of rotatable bonds is 6. The van der Waals surface area contributed by atoms with Crippen LogP contribution >= 0.6 is 0 Å². The number of unbranched alkanes of at least 4 members (excludes halogenated alkanes) is 2. The molecule has 0 bridgehead atoms. The van der Waals surface area contributed by atoms with Crippen molar-refractivity contribution in [2.45, 2.75) is 89.5 Å². The number of carbonyl (C=O) groups excluding carboxylic acids is 1. The third-order valence-electron chi connectivity index (χ3n) is 5.91. The zero-order valence-corrected chi connectivity index (χ0v) is 16.8. The third-order valence-corrected chi connectivity index (χ3v) is 5.91. The Morgan fingerprint density at radius 3 is 2.48 bits per heavy atom. The van der Waals surface area contributed by atoms with Gasteiger partial charge in [-0.1, -0.05) is 82.2 Å². The molecule has 1 fully saturated rings. The second-order valence-electron chi connectivity index (χ2n) is 8.09. The number of benzene rings is 1. The van der Waals surface area contributed by atoms with Gasteiger partial charge in [-0.3, -0.25) is 0 Å². The number of nitrogens with zero attached hydrogens (tertiary/aromatic N) is 2. The molecule has 1 saturated carbocycles. The minimum Gasteiger partial charge on any atom is -0.334 e. The van der Waals surface area contributed by atoms with E-state index in [-0.39, 0.29) is 11.9 Å². The van der Waals surface area contributed by atoms with Gasteiger partial charge in [-0.2, -0.15) is 5.10 Å². The Balaban J connectivity index is 1.64. The molecule has 27 heavy (non-hydrogen) atoms. The smallest absolute Gasteiger partial charge is 0.334 e. The zero-order valence-electron chi connectivity index (χ0n) is 16.8. The molecule has 1 aliphatic carbocycles. The molecule has 1 atom stereocenters. The summed E-state index contributed by atoms with van der Waals surface area (Å²) < 4.78 is 0. The van der Waals surface area contributed by atoms with Gasteiger partial charge in [0.2, 0.25) is 0 Å². The van der Waals surface area contributed by atoms with E-state index in [0.717, 1.165) is 25.7 Å². The van der Waals surface area contributed by atoms with Crippen molar-refractivity contribution < 1.29 is 4.79 Å². The zero-order chi connectivity index (χ0) is 18.9. The second-order valence-corrected chi connectivity index (χ2v) is 8.09. The van der Waals surface area contributed by atoms with Crippen molar-refractivity contribution in [1.82, 2.24) is 10.3 Å². The molecule has 1 aromatic carbocycles. The van der Waals surface area contributed by atoms with Crippen LogP contribution in [0.5, 0.6) is 0 Å². The molecule has 4 heteroatoms. The van der Waals surface area contributed by atoms with Gasteiger partial charge in [-0.15, -0.1) is 0 Å². The molecule has 2 amide bonds. The van der Waals surface area contributed by atoms with Crippen LogP contribution in [0, 0.1) is 0 Å². The summed E-state index contributed by atoms with van der Waals surface area (Å²) in [6.07, 6.45) is 13.2. The minimum atomic E-state index is -0.00741. The van der Waals surface area contributed by atoms with Gasteiger partial charge in [0.05, 0.1) is 6.54 Å². The maximum absolute atomic E-state index is 12.9. The highest BCUT2D eigenvalue weighted by Gasteiger charge is 2.31. The van der Waals surface area contributed by atoms with E-state index in [2.05, 4.69) is 36.5 Å². The molecular formula is C23H35N3O. The van der Waals surface area contributed by atoms with Crippen LogP contribution in [0.25, 0.3) is 0 Å². The lowest BCUT2D eigenvalue weighted by Crippen LogP contribution is -2.42. The number of urea groups is 1. The molecule has 0 aromatic heterocycles. The molecule has 1 aliphatic heterocycles. The molecule has 4 nitrogen and oxygen atoms in total. The Kier molecular flexibility index (Phi) is 7.73. The van der Waals surface area contributed by atoms with Crippen LogP contribution in [-0.4, -0.2) is 29.3 Å². The van der Waals surface area contributed by atoms with E-state index in [1.54, 1.807) is 5.01 Å². The molecule has 3 rings (SSSR count). The standard InChI is InChI=1S/C23H35N3O/c1-2-3-8-17-22-21(19-13-9-7-10-14-19)18-26(25-22)23(27)24-20-15-11-5-4-6-12-16-20/h7,9-10,13-14,20-21H,2-6,8,11-12,15-18H2,1H3,(H,24,27). The van der Waals surface area contributed by atoms with E-state index >= 15 is 0 Å². The highest BCUT2D eigenvalue weighted by Crippen LogP contribution is 2.28. The van der Waals surface area contributed by atoms with Crippen molar-refractivity contribution in [3.63, 3.8) is 0 Å². The fourth-order valence-electron chi connectivity index (χ4n) is 4.29. The van der Waals surface area contributed by atoms with Crippen molar-refractivity contribution >= 4 is 11.7 Å². The highest BCUT2D eigenvalue weighted by atomic mass is 16.2. The summed E-state index contributed by atoms with van der Waals surface area (Å²) in [5.41, 5.74) is 2.44. The van der Waals surface area contributed by atoms with E-state index in [1.807, 2.05) is 6.07 Å². The van der Waals surface area contributed by atoms with Crippen LogP contribution in [-0.2, 0) is 0 Å². The molecule has 0 saturated heterocycles. The van der Waals surface area contributed by atoms with Crippen molar-refractivity contribution in [1.29, 1.82) is 0 Å². The lowest BCUT2D eigenvalue weighted by Gasteiger charge is -2.23. The Morgan fingerprint density at radius 2 is 1.78 bits per heavy atom. The third kappa shape index (κ3) is 5.82. The van der Waals surface area contributed by atoms with Gasteiger partial charge in [0.15, 0.2) is 0 Å². The molecule has 2 aliphatic rings. The molecule has 1 N–H and O–H groups in total. The van der Waals surface area contributed by atoms with Gasteiger partial charge < -0.3 is 5.32 Å². The maximum Gasteiger partial charge on any atom is 0.338 e. The summed E-state index contributed by atoms with van der Waals surface area (Å²) in [5, 5.41) is 9.72. The van der Waals surface area contributed by atoms with Gasteiger partial charge in [0.1, 0.15) is 0 Å². The van der Waals surface area contributed by atoms with Crippen LogP contribution in [0.2, 0.25) is 0 Å². The second kappa shape index (κ2) is 10.5. The first-order valence-corrected chi connectivity index (χ1v) is 11.0. The van der Waals surface area contributed by atoms with E-state index in [1.165, 1.54) is 56.2 Å². The normalized spacial score (nSPS) is 21.4. The molecular weight excluding hydrogens is 334 g/mol. The van der Waals surface area contributed by atoms with Crippen LogP contribution in [0.3, 0.4) is 0 Å². The van der Waals surface area contributed by atoms with Crippen molar-refractivity contribution in [3.8, 4) is 0 Å². The summed E-state index contributed by atoms with van der Waals surface area (Å²) in [6.45, 7) is 2.89. The Hall–Kier alpha value is -1.84. The average molecular weight is 370 g/mol. The Bertz CT molecular complexity index is 605. The van der Waals surface area contributed by atoms with Gasteiger partial charge in [0.25, 0.3) is 0 Å². The summed E-state index contributed by atoms with van der Waals surface area (Å²) in [6, 6.07) is 10.8. The fraction of sp³-hybridized carbons (Fsp3) is 0.652. The van der Waals surface area contributed by atoms with Crippen LogP contribution in [0.15, 0.2) is 35.4 Å². The monoisotopic (exact) mass is 369 g/mol. The number of hydrazone groups is 1. The molecule has 0 spiro atoms. The molecule has 0 radical (unpaired) electrons. The number of hydrogen-bond donors (Lipinski definition) is 1. The van der Waals surface area contributed by atoms with Gasteiger partial charge in [0, 0.05) is 17.7 Å². The quantitative estimate of drug-likeness (QED) is 0.629. The first kappa shape index (κ1) is 19.9. The van der Waals surface area contributed by atoms with Crippen LogP contribution in [0.4, 0.5) is 4.79 Å².